The number of aryl methyl sites for hydroxylation is 1. The summed E-state index contributed by atoms with van der Waals surface area (Å²) in [5, 5.41) is 9.68. The minimum atomic E-state index is -3.00. The second-order valence-electron chi connectivity index (χ2n) is 6.20. The minimum Gasteiger partial charge on any atom is -0.391 e. The molecule has 1 aromatic carbocycles. The molecule has 2 aliphatic rings. The summed E-state index contributed by atoms with van der Waals surface area (Å²) in [5.41, 5.74) is -0.477. The van der Waals surface area contributed by atoms with E-state index in [1.165, 1.54) is 4.90 Å². The molecule has 1 unspecified atom stereocenters. The predicted octanol–water partition coefficient (Wildman–Crippen LogP) is 2.26. The van der Waals surface area contributed by atoms with Crippen molar-refractivity contribution < 1.29 is 18.7 Å². The second kappa shape index (κ2) is 4.77. The van der Waals surface area contributed by atoms with Crippen molar-refractivity contribution in [2.45, 2.75) is 43.6 Å². The summed E-state index contributed by atoms with van der Waals surface area (Å²) in [7, 11) is 0. The standard InChI is InChI=1S/C16H19F2NO2/c1-11-4-2-5-12(8-11)15(10-16(15,17)18)14(21)19-7-3-6-13(20)9-19/h2,4-5,8,13,20H,3,6-7,9-10H2,1H3/t13-,15?/m0/s1. The van der Waals surface area contributed by atoms with Gasteiger partial charge in [-0.2, -0.15) is 0 Å². The first kappa shape index (κ1) is 14.4. The van der Waals surface area contributed by atoms with Crippen LogP contribution in [0.25, 0.3) is 0 Å². The van der Waals surface area contributed by atoms with Crippen molar-refractivity contribution in [1.29, 1.82) is 0 Å². The third-order valence-corrected chi connectivity index (χ3v) is 4.55. The molecule has 1 aromatic rings. The Morgan fingerprint density at radius 3 is 2.71 bits per heavy atom. The van der Waals surface area contributed by atoms with Crippen molar-refractivity contribution in [3.63, 3.8) is 0 Å². The summed E-state index contributed by atoms with van der Waals surface area (Å²) in [6, 6.07) is 6.80. The van der Waals surface area contributed by atoms with Gasteiger partial charge < -0.3 is 10.0 Å². The molecule has 1 amide bonds. The number of carbonyl (C=O) groups is 1. The van der Waals surface area contributed by atoms with Gasteiger partial charge in [0.25, 0.3) is 5.92 Å². The SMILES string of the molecule is Cc1cccc(C2(C(=O)N3CCC[C@H](O)C3)CC2(F)F)c1. The van der Waals surface area contributed by atoms with E-state index in [9.17, 15) is 18.7 Å². The number of rotatable bonds is 2. The fourth-order valence-electron chi connectivity index (χ4n) is 3.28. The summed E-state index contributed by atoms with van der Waals surface area (Å²) >= 11 is 0. The van der Waals surface area contributed by atoms with Crippen molar-refractivity contribution in [3.8, 4) is 0 Å². The Morgan fingerprint density at radius 1 is 1.43 bits per heavy atom. The van der Waals surface area contributed by atoms with Gasteiger partial charge in [-0.25, -0.2) is 8.78 Å². The Morgan fingerprint density at radius 2 is 2.14 bits per heavy atom. The average Bonchev–Trinajstić information content (AvgIpc) is 3.02. The fraction of sp³-hybridized carbons (Fsp3) is 0.562. The topological polar surface area (TPSA) is 40.5 Å². The Balaban J connectivity index is 1.94. The van der Waals surface area contributed by atoms with Crippen LogP contribution in [0.5, 0.6) is 0 Å². The molecule has 3 rings (SSSR count). The fourth-order valence-corrected chi connectivity index (χ4v) is 3.28. The van der Waals surface area contributed by atoms with E-state index >= 15 is 0 Å². The normalized spacial score (nSPS) is 31.0. The lowest BCUT2D eigenvalue weighted by Gasteiger charge is -2.33. The van der Waals surface area contributed by atoms with Gasteiger partial charge >= 0.3 is 0 Å². The Labute approximate surface area is 122 Å². The molecular formula is C16H19F2NO2. The first-order chi connectivity index (χ1) is 9.87. The van der Waals surface area contributed by atoms with Crippen LogP contribution in [0.15, 0.2) is 24.3 Å². The van der Waals surface area contributed by atoms with E-state index in [1.807, 2.05) is 13.0 Å². The van der Waals surface area contributed by atoms with Crippen LogP contribution in [0.3, 0.4) is 0 Å². The molecule has 0 bridgehead atoms. The number of β-amino-alcohol motifs (C(OH)–C–C–N with tert-alkyl or cyclic N) is 1. The van der Waals surface area contributed by atoms with Gasteiger partial charge in [-0.1, -0.05) is 29.8 Å². The minimum absolute atomic E-state index is 0.155. The lowest BCUT2D eigenvalue weighted by molar-refractivity contribution is -0.139. The van der Waals surface area contributed by atoms with Gasteiger partial charge in [0.1, 0.15) is 5.41 Å². The number of nitrogens with zero attached hydrogens (tertiary/aromatic N) is 1. The Hall–Kier alpha value is -1.49. The highest BCUT2D eigenvalue weighted by atomic mass is 19.3. The highest BCUT2D eigenvalue weighted by Crippen LogP contribution is 2.62. The zero-order valence-electron chi connectivity index (χ0n) is 12.0. The number of benzene rings is 1. The Kier molecular flexibility index (Phi) is 3.28. The van der Waals surface area contributed by atoms with E-state index in [4.69, 9.17) is 0 Å². The van der Waals surface area contributed by atoms with Crippen LogP contribution in [0, 0.1) is 6.92 Å². The molecule has 1 aliphatic carbocycles. The largest absolute Gasteiger partial charge is 0.391 e. The summed E-state index contributed by atoms with van der Waals surface area (Å²) < 4.78 is 28.1. The average molecular weight is 295 g/mol. The van der Waals surface area contributed by atoms with Crippen molar-refractivity contribution in [2.24, 2.45) is 0 Å². The smallest absolute Gasteiger partial charge is 0.268 e. The maximum atomic E-state index is 14.1. The maximum absolute atomic E-state index is 14.1. The first-order valence-corrected chi connectivity index (χ1v) is 7.29. The summed E-state index contributed by atoms with van der Waals surface area (Å²) in [4.78, 5) is 14.1. The predicted molar refractivity (Wildman–Crippen MR) is 74.2 cm³/mol. The van der Waals surface area contributed by atoms with Gasteiger partial charge in [0.05, 0.1) is 6.10 Å². The number of aliphatic hydroxyl groups is 1. The number of hydrogen-bond acceptors (Lipinski definition) is 2. The van der Waals surface area contributed by atoms with E-state index in [0.29, 0.717) is 24.9 Å². The van der Waals surface area contributed by atoms with E-state index in [-0.39, 0.29) is 6.54 Å². The summed E-state index contributed by atoms with van der Waals surface area (Å²) in [6.45, 7) is 2.43. The lowest BCUT2D eigenvalue weighted by Crippen LogP contribution is -2.48. The van der Waals surface area contributed by atoms with Crippen LogP contribution >= 0.6 is 0 Å². The molecule has 1 saturated heterocycles. The Bertz CT molecular complexity index is 575. The molecular weight excluding hydrogens is 276 g/mol. The quantitative estimate of drug-likeness (QED) is 0.909. The zero-order valence-corrected chi connectivity index (χ0v) is 12.0. The molecule has 1 heterocycles. The highest BCUT2D eigenvalue weighted by Gasteiger charge is 2.77. The molecule has 2 atom stereocenters. The molecule has 2 fully saturated rings. The van der Waals surface area contributed by atoms with Crippen molar-refractivity contribution in [2.75, 3.05) is 13.1 Å². The molecule has 0 spiro atoms. The molecule has 114 valence electrons. The third-order valence-electron chi connectivity index (χ3n) is 4.55. The van der Waals surface area contributed by atoms with E-state index < -0.39 is 29.8 Å². The third kappa shape index (κ3) is 2.24. The number of halogens is 2. The molecule has 1 N–H and O–H groups in total. The van der Waals surface area contributed by atoms with Gasteiger partial charge in [-0.15, -0.1) is 0 Å². The van der Waals surface area contributed by atoms with Gasteiger partial charge in [-0.05, 0) is 25.3 Å². The van der Waals surface area contributed by atoms with Crippen LogP contribution in [0.1, 0.15) is 30.4 Å². The number of amides is 1. The molecule has 3 nitrogen and oxygen atoms in total. The molecule has 1 saturated carbocycles. The molecule has 1 aliphatic heterocycles. The monoisotopic (exact) mass is 295 g/mol. The van der Waals surface area contributed by atoms with E-state index in [2.05, 4.69) is 0 Å². The van der Waals surface area contributed by atoms with E-state index in [0.717, 1.165) is 5.56 Å². The zero-order chi connectivity index (χ0) is 15.3. The van der Waals surface area contributed by atoms with Crippen LogP contribution in [0.4, 0.5) is 8.78 Å². The molecule has 0 aromatic heterocycles. The van der Waals surface area contributed by atoms with Gasteiger partial charge in [0.15, 0.2) is 0 Å². The second-order valence-corrected chi connectivity index (χ2v) is 6.20. The van der Waals surface area contributed by atoms with Crippen LogP contribution in [-0.2, 0) is 10.2 Å². The van der Waals surface area contributed by atoms with Gasteiger partial charge in [0, 0.05) is 19.5 Å². The highest BCUT2D eigenvalue weighted by molar-refractivity contribution is 5.93. The number of alkyl halides is 2. The molecule has 5 heteroatoms. The molecule has 21 heavy (non-hydrogen) atoms. The number of hydrogen-bond donors (Lipinski definition) is 1. The lowest BCUT2D eigenvalue weighted by atomic mass is 9.91. The van der Waals surface area contributed by atoms with Crippen molar-refractivity contribution in [3.05, 3.63) is 35.4 Å². The van der Waals surface area contributed by atoms with E-state index in [1.54, 1.807) is 18.2 Å². The number of carbonyl (C=O) groups excluding carboxylic acids is 1. The number of piperidine rings is 1. The van der Waals surface area contributed by atoms with Crippen LogP contribution in [-0.4, -0.2) is 41.0 Å². The van der Waals surface area contributed by atoms with Crippen molar-refractivity contribution in [1.82, 2.24) is 4.90 Å². The maximum Gasteiger partial charge on any atom is 0.268 e. The summed E-state index contributed by atoms with van der Waals surface area (Å²) in [5.74, 6) is -3.54. The van der Waals surface area contributed by atoms with Gasteiger partial charge in [0.2, 0.25) is 5.91 Å². The first-order valence-electron chi connectivity index (χ1n) is 7.29. The molecule has 0 radical (unpaired) electrons. The van der Waals surface area contributed by atoms with Gasteiger partial charge in [-0.3, -0.25) is 4.79 Å². The van der Waals surface area contributed by atoms with Crippen LogP contribution < -0.4 is 0 Å². The summed E-state index contributed by atoms with van der Waals surface area (Å²) in [6.07, 6.45) is 0.235. The number of likely N-dealkylation sites (tertiary alicyclic amines) is 1. The number of aliphatic hydroxyl groups excluding tert-OH is 1. The van der Waals surface area contributed by atoms with Crippen molar-refractivity contribution >= 4 is 5.91 Å². The van der Waals surface area contributed by atoms with Crippen LogP contribution in [0.2, 0.25) is 0 Å².